The summed E-state index contributed by atoms with van der Waals surface area (Å²) in [6.45, 7) is 2.47. The van der Waals surface area contributed by atoms with Crippen molar-refractivity contribution in [3.8, 4) is 23.1 Å². The Hall–Kier alpha value is -3.82. The molecule has 2 aromatic heterocycles. The maximum atomic E-state index is 13.1. The van der Waals surface area contributed by atoms with Crippen LogP contribution in [0.25, 0.3) is 5.82 Å². The Labute approximate surface area is 180 Å². The molecule has 0 bridgehead atoms. The highest BCUT2D eigenvalue weighted by Gasteiger charge is 2.25. The summed E-state index contributed by atoms with van der Waals surface area (Å²) < 4.78 is 17.9. The van der Waals surface area contributed by atoms with Crippen LogP contribution in [0, 0.1) is 0 Å². The molecule has 0 N–H and O–H groups in total. The summed E-state index contributed by atoms with van der Waals surface area (Å²) in [6.07, 6.45) is 6.77. The summed E-state index contributed by atoms with van der Waals surface area (Å²) in [6, 6.07) is 5.27. The lowest BCUT2D eigenvalue weighted by atomic mass is 10.1. The van der Waals surface area contributed by atoms with Crippen LogP contribution in [0.3, 0.4) is 0 Å². The number of amides is 1. The van der Waals surface area contributed by atoms with E-state index in [9.17, 15) is 4.79 Å². The molecule has 1 fully saturated rings. The monoisotopic (exact) mass is 424 g/mol. The zero-order chi connectivity index (χ0) is 21.8. The van der Waals surface area contributed by atoms with Crippen LogP contribution >= 0.6 is 0 Å². The number of hydrogen-bond donors (Lipinski definition) is 0. The summed E-state index contributed by atoms with van der Waals surface area (Å²) >= 11 is 0. The number of methoxy groups -OCH3 is 3. The zero-order valence-electron chi connectivity index (χ0n) is 17.7. The lowest BCUT2D eigenvalue weighted by Gasteiger charge is -2.35. The van der Waals surface area contributed by atoms with E-state index in [2.05, 4.69) is 19.9 Å². The molecular weight excluding hydrogens is 400 g/mol. The Morgan fingerprint density at radius 1 is 0.903 bits per heavy atom. The summed E-state index contributed by atoms with van der Waals surface area (Å²) in [5.41, 5.74) is 0.493. The van der Waals surface area contributed by atoms with Crippen molar-refractivity contribution in [2.45, 2.75) is 0 Å². The SMILES string of the molecule is COc1cc(C(=O)N2CCN(c3cc(-n4ccnc4)ncn3)CC2)cc(OC)c1OC. The number of anilines is 1. The number of nitrogens with zero attached hydrogens (tertiary/aromatic N) is 6. The molecule has 0 radical (unpaired) electrons. The van der Waals surface area contributed by atoms with Gasteiger partial charge >= 0.3 is 0 Å². The molecule has 1 amide bonds. The molecule has 3 heterocycles. The van der Waals surface area contributed by atoms with Crippen molar-refractivity contribution in [2.75, 3.05) is 52.4 Å². The third-order valence-electron chi connectivity index (χ3n) is 5.21. The van der Waals surface area contributed by atoms with E-state index in [1.807, 2.05) is 21.7 Å². The van der Waals surface area contributed by atoms with Crippen LogP contribution in [0.5, 0.6) is 17.2 Å². The molecule has 4 rings (SSSR count). The van der Waals surface area contributed by atoms with E-state index >= 15 is 0 Å². The average molecular weight is 424 g/mol. The van der Waals surface area contributed by atoms with Crippen LogP contribution in [0.4, 0.5) is 5.82 Å². The topological polar surface area (TPSA) is 94.8 Å². The molecule has 1 saturated heterocycles. The van der Waals surface area contributed by atoms with Gasteiger partial charge in [-0.3, -0.25) is 9.36 Å². The number of benzene rings is 1. The third-order valence-corrected chi connectivity index (χ3v) is 5.21. The number of piperazine rings is 1. The van der Waals surface area contributed by atoms with Gasteiger partial charge in [-0.15, -0.1) is 0 Å². The molecule has 0 saturated carbocycles. The second-order valence-electron chi connectivity index (χ2n) is 6.90. The first-order chi connectivity index (χ1) is 15.1. The molecule has 10 heteroatoms. The van der Waals surface area contributed by atoms with Crippen molar-refractivity contribution in [1.82, 2.24) is 24.4 Å². The molecule has 3 aromatic rings. The number of hydrogen-bond acceptors (Lipinski definition) is 8. The highest BCUT2D eigenvalue weighted by atomic mass is 16.5. The Balaban J connectivity index is 1.47. The van der Waals surface area contributed by atoms with Gasteiger partial charge in [0.25, 0.3) is 5.91 Å². The standard InChI is InChI=1S/C21H24N6O4/c1-29-16-10-15(11-17(30-2)20(16)31-3)21(28)26-8-6-25(7-9-26)18-12-19(24-13-23-18)27-5-4-22-14-27/h4-5,10-14H,6-9H2,1-3H3. The Kier molecular flexibility index (Phi) is 5.87. The largest absolute Gasteiger partial charge is 0.493 e. The van der Waals surface area contributed by atoms with E-state index in [1.165, 1.54) is 27.7 Å². The first-order valence-corrected chi connectivity index (χ1v) is 9.79. The van der Waals surface area contributed by atoms with Gasteiger partial charge in [0.2, 0.25) is 5.75 Å². The highest BCUT2D eigenvalue weighted by molar-refractivity contribution is 5.95. The third kappa shape index (κ3) is 4.09. The Morgan fingerprint density at radius 3 is 2.16 bits per heavy atom. The summed E-state index contributed by atoms with van der Waals surface area (Å²) in [5.74, 6) is 2.86. The normalized spacial score (nSPS) is 13.8. The fourth-order valence-corrected chi connectivity index (χ4v) is 3.57. The van der Waals surface area contributed by atoms with Crippen molar-refractivity contribution in [1.29, 1.82) is 0 Å². The molecule has 1 aliphatic heterocycles. The second-order valence-corrected chi connectivity index (χ2v) is 6.90. The van der Waals surface area contributed by atoms with Gasteiger partial charge in [0.15, 0.2) is 11.5 Å². The minimum Gasteiger partial charge on any atom is -0.493 e. The van der Waals surface area contributed by atoms with Crippen LogP contribution < -0.4 is 19.1 Å². The van der Waals surface area contributed by atoms with Gasteiger partial charge in [-0.1, -0.05) is 0 Å². The van der Waals surface area contributed by atoms with E-state index in [4.69, 9.17) is 14.2 Å². The zero-order valence-corrected chi connectivity index (χ0v) is 17.7. The van der Waals surface area contributed by atoms with Gasteiger partial charge in [0, 0.05) is 50.2 Å². The molecule has 1 aliphatic rings. The Morgan fingerprint density at radius 2 is 1.58 bits per heavy atom. The van der Waals surface area contributed by atoms with Gasteiger partial charge in [-0.05, 0) is 12.1 Å². The molecule has 0 unspecified atom stereocenters. The second kappa shape index (κ2) is 8.90. The van der Waals surface area contributed by atoms with Gasteiger partial charge < -0.3 is 24.0 Å². The first-order valence-electron chi connectivity index (χ1n) is 9.79. The van der Waals surface area contributed by atoms with Gasteiger partial charge in [-0.25, -0.2) is 15.0 Å². The van der Waals surface area contributed by atoms with E-state index < -0.39 is 0 Å². The van der Waals surface area contributed by atoms with Gasteiger partial charge in [0.1, 0.15) is 24.3 Å². The van der Waals surface area contributed by atoms with Crippen molar-refractivity contribution >= 4 is 11.7 Å². The number of imidazole rings is 1. The summed E-state index contributed by atoms with van der Waals surface area (Å²) in [7, 11) is 4.60. The first kappa shape index (κ1) is 20.5. The van der Waals surface area contributed by atoms with Gasteiger partial charge in [0.05, 0.1) is 21.3 Å². The van der Waals surface area contributed by atoms with Crippen molar-refractivity contribution in [3.63, 3.8) is 0 Å². The van der Waals surface area contributed by atoms with Crippen LogP contribution in [0.15, 0.2) is 43.2 Å². The quantitative estimate of drug-likeness (QED) is 0.590. The summed E-state index contributed by atoms with van der Waals surface area (Å²) in [4.78, 5) is 29.8. The van der Waals surface area contributed by atoms with E-state index in [1.54, 1.807) is 24.7 Å². The number of aromatic nitrogens is 4. The van der Waals surface area contributed by atoms with Crippen molar-refractivity contribution < 1.29 is 19.0 Å². The molecule has 162 valence electrons. The molecule has 31 heavy (non-hydrogen) atoms. The number of ether oxygens (including phenoxy) is 3. The van der Waals surface area contributed by atoms with E-state index in [0.717, 1.165) is 11.6 Å². The van der Waals surface area contributed by atoms with Crippen LogP contribution in [-0.4, -0.2) is 77.8 Å². The molecule has 0 spiro atoms. The van der Waals surface area contributed by atoms with Crippen LogP contribution in [0.2, 0.25) is 0 Å². The number of rotatable bonds is 6. The highest BCUT2D eigenvalue weighted by Crippen LogP contribution is 2.38. The fourth-order valence-electron chi connectivity index (χ4n) is 3.57. The molecular formula is C21H24N6O4. The molecule has 0 aliphatic carbocycles. The predicted molar refractivity (Wildman–Crippen MR) is 113 cm³/mol. The average Bonchev–Trinajstić information content (AvgIpc) is 3.38. The van der Waals surface area contributed by atoms with E-state index in [-0.39, 0.29) is 5.91 Å². The molecule has 0 atom stereocenters. The van der Waals surface area contributed by atoms with Crippen LogP contribution in [0.1, 0.15) is 10.4 Å². The number of carbonyl (C=O) groups excluding carboxylic acids is 1. The fraction of sp³-hybridized carbons (Fsp3) is 0.333. The smallest absolute Gasteiger partial charge is 0.254 e. The number of carbonyl (C=O) groups is 1. The maximum absolute atomic E-state index is 13.1. The minimum absolute atomic E-state index is 0.0827. The van der Waals surface area contributed by atoms with Crippen LogP contribution in [-0.2, 0) is 0 Å². The molecule has 1 aromatic carbocycles. The lowest BCUT2D eigenvalue weighted by Crippen LogP contribution is -2.49. The molecule has 10 nitrogen and oxygen atoms in total. The Bertz CT molecular complexity index is 1020. The lowest BCUT2D eigenvalue weighted by molar-refractivity contribution is 0.0745. The predicted octanol–water partition coefficient (Wildman–Crippen LogP) is 1.65. The maximum Gasteiger partial charge on any atom is 0.254 e. The van der Waals surface area contributed by atoms with Gasteiger partial charge in [-0.2, -0.15) is 0 Å². The van der Waals surface area contributed by atoms with Crippen molar-refractivity contribution in [3.05, 3.63) is 48.8 Å². The van der Waals surface area contributed by atoms with Crippen molar-refractivity contribution in [2.24, 2.45) is 0 Å². The van der Waals surface area contributed by atoms with E-state index in [0.29, 0.717) is 49.0 Å². The summed E-state index contributed by atoms with van der Waals surface area (Å²) in [5, 5.41) is 0. The minimum atomic E-state index is -0.0827.